The van der Waals surface area contributed by atoms with Crippen molar-refractivity contribution in [3.05, 3.63) is 23.4 Å². The maximum atomic E-state index is 9.06. The second-order valence-corrected chi connectivity index (χ2v) is 4.98. The molecule has 1 aromatic carbocycles. The maximum absolute atomic E-state index is 9.06. The minimum absolute atomic E-state index is 0.330. The van der Waals surface area contributed by atoms with Crippen LogP contribution in [0.2, 0.25) is 0 Å². The number of benzene rings is 1. The van der Waals surface area contributed by atoms with Crippen LogP contribution in [0.3, 0.4) is 0 Å². The summed E-state index contributed by atoms with van der Waals surface area (Å²) in [5, 5.41) is 10.0. The normalized spacial score (nSPS) is 10.3. The number of anilines is 1. The SMILES string of the molecule is COc1cc2nc(C)c(CC#N)c(N(C)C)c2cc1OC. The summed E-state index contributed by atoms with van der Waals surface area (Å²) in [6.45, 7) is 1.93. The van der Waals surface area contributed by atoms with Gasteiger partial charge in [0.2, 0.25) is 0 Å². The fraction of sp³-hybridized carbons (Fsp3) is 0.375. The molecule has 0 unspecified atom stereocenters. The number of fused-ring (bicyclic) bond motifs is 1. The molecule has 5 heteroatoms. The minimum atomic E-state index is 0.330. The average molecular weight is 285 g/mol. The van der Waals surface area contributed by atoms with Crippen LogP contribution in [-0.4, -0.2) is 33.3 Å². The lowest BCUT2D eigenvalue weighted by molar-refractivity contribution is 0.356. The van der Waals surface area contributed by atoms with E-state index in [-0.39, 0.29) is 0 Å². The molecule has 1 heterocycles. The molecule has 0 atom stereocenters. The molecular weight excluding hydrogens is 266 g/mol. The van der Waals surface area contributed by atoms with E-state index in [1.54, 1.807) is 14.2 Å². The highest BCUT2D eigenvalue weighted by Gasteiger charge is 2.17. The second-order valence-electron chi connectivity index (χ2n) is 4.98. The van der Waals surface area contributed by atoms with E-state index in [1.807, 2.05) is 38.1 Å². The fourth-order valence-corrected chi connectivity index (χ4v) is 2.53. The number of pyridine rings is 1. The number of aromatic nitrogens is 1. The van der Waals surface area contributed by atoms with E-state index in [1.165, 1.54) is 0 Å². The van der Waals surface area contributed by atoms with Crippen LogP contribution >= 0.6 is 0 Å². The van der Waals surface area contributed by atoms with Crippen LogP contribution in [0.25, 0.3) is 10.9 Å². The van der Waals surface area contributed by atoms with E-state index in [0.29, 0.717) is 17.9 Å². The van der Waals surface area contributed by atoms with Crippen molar-refractivity contribution in [1.82, 2.24) is 4.98 Å². The van der Waals surface area contributed by atoms with Crippen LogP contribution < -0.4 is 14.4 Å². The number of hydrogen-bond donors (Lipinski definition) is 0. The lowest BCUT2D eigenvalue weighted by Crippen LogP contribution is -2.14. The zero-order valence-corrected chi connectivity index (χ0v) is 13.0. The highest BCUT2D eigenvalue weighted by Crippen LogP contribution is 2.38. The van der Waals surface area contributed by atoms with Gasteiger partial charge in [-0.25, -0.2) is 0 Å². The van der Waals surface area contributed by atoms with Gasteiger partial charge in [0.15, 0.2) is 11.5 Å². The lowest BCUT2D eigenvalue weighted by atomic mass is 10.0. The van der Waals surface area contributed by atoms with Crippen molar-refractivity contribution in [2.75, 3.05) is 33.2 Å². The Bertz CT molecular complexity index is 718. The first-order valence-electron chi connectivity index (χ1n) is 6.63. The van der Waals surface area contributed by atoms with Gasteiger partial charge in [0, 0.05) is 36.8 Å². The van der Waals surface area contributed by atoms with Gasteiger partial charge < -0.3 is 14.4 Å². The summed E-state index contributed by atoms with van der Waals surface area (Å²) < 4.78 is 10.7. The molecule has 1 aromatic heterocycles. The molecule has 0 N–H and O–H groups in total. The Morgan fingerprint density at radius 2 is 1.81 bits per heavy atom. The lowest BCUT2D eigenvalue weighted by Gasteiger charge is -2.21. The van der Waals surface area contributed by atoms with Crippen LogP contribution in [0.4, 0.5) is 5.69 Å². The highest BCUT2D eigenvalue weighted by atomic mass is 16.5. The largest absolute Gasteiger partial charge is 0.493 e. The predicted molar refractivity (Wildman–Crippen MR) is 83.2 cm³/mol. The fourth-order valence-electron chi connectivity index (χ4n) is 2.53. The Kier molecular flexibility index (Phi) is 4.18. The molecule has 0 saturated heterocycles. The first kappa shape index (κ1) is 14.9. The Labute approximate surface area is 124 Å². The van der Waals surface area contributed by atoms with Gasteiger partial charge in [0.05, 0.1) is 37.9 Å². The van der Waals surface area contributed by atoms with Crippen molar-refractivity contribution in [2.24, 2.45) is 0 Å². The topological polar surface area (TPSA) is 58.4 Å². The summed E-state index contributed by atoms with van der Waals surface area (Å²) in [5.74, 6) is 1.30. The number of nitrogens with zero attached hydrogens (tertiary/aromatic N) is 3. The van der Waals surface area contributed by atoms with Gasteiger partial charge in [-0.05, 0) is 13.0 Å². The van der Waals surface area contributed by atoms with Gasteiger partial charge in [-0.2, -0.15) is 5.26 Å². The molecule has 0 aliphatic carbocycles. The number of aryl methyl sites for hydroxylation is 1. The molecule has 5 nitrogen and oxygen atoms in total. The molecule has 0 aliphatic rings. The predicted octanol–water partition coefficient (Wildman–Crippen LogP) is 2.69. The Morgan fingerprint density at radius 1 is 1.19 bits per heavy atom. The first-order valence-corrected chi connectivity index (χ1v) is 6.63. The van der Waals surface area contributed by atoms with Gasteiger partial charge in [0.25, 0.3) is 0 Å². The van der Waals surface area contributed by atoms with Crippen LogP contribution in [0.5, 0.6) is 11.5 Å². The molecule has 0 fully saturated rings. The zero-order chi connectivity index (χ0) is 15.6. The van der Waals surface area contributed by atoms with E-state index in [0.717, 1.165) is 27.8 Å². The van der Waals surface area contributed by atoms with Gasteiger partial charge >= 0.3 is 0 Å². The molecule has 21 heavy (non-hydrogen) atoms. The molecule has 110 valence electrons. The molecule has 0 spiro atoms. The Morgan fingerprint density at radius 3 is 2.33 bits per heavy atom. The third-order valence-corrected chi connectivity index (χ3v) is 3.47. The number of hydrogen-bond acceptors (Lipinski definition) is 5. The Hall–Kier alpha value is -2.48. The molecule has 0 radical (unpaired) electrons. The molecule has 0 amide bonds. The number of methoxy groups -OCH3 is 2. The van der Waals surface area contributed by atoms with Crippen molar-refractivity contribution in [2.45, 2.75) is 13.3 Å². The third kappa shape index (κ3) is 2.57. The van der Waals surface area contributed by atoms with E-state index < -0.39 is 0 Å². The van der Waals surface area contributed by atoms with Crippen molar-refractivity contribution >= 4 is 16.6 Å². The first-order chi connectivity index (χ1) is 10.0. The number of nitriles is 1. The van der Waals surface area contributed by atoms with Crippen molar-refractivity contribution in [3.8, 4) is 17.6 Å². The van der Waals surface area contributed by atoms with Gasteiger partial charge in [-0.1, -0.05) is 0 Å². The van der Waals surface area contributed by atoms with Crippen LogP contribution in [0.1, 0.15) is 11.3 Å². The van der Waals surface area contributed by atoms with Gasteiger partial charge in [0.1, 0.15) is 0 Å². The zero-order valence-electron chi connectivity index (χ0n) is 13.0. The van der Waals surface area contributed by atoms with E-state index >= 15 is 0 Å². The van der Waals surface area contributed by atoms with Crippen LogP contribution in [-0.2, 0) is 6.42 Å². The van der Waals surface area contributed by atoms with Crippen molar-refractivity contribution < 1.29 is 9.47 Å². The Balaban J connectivity index is 2.88. The number of ether oxygens (including phenoxy) is 2. The maximum Gasteiger partial charge on any atom is 0.162 e. The van der Waals surface area contributed by atoms with Gasteiger partial charge in [-0.3, -0.25) is 4.98 Å². The van der Waals surface area contributed by atoms with E-state index in [4.69, 9.17) is 14.7 Å². The highest BCUT2D eigenvalue weighted by molar-refractivity contribution is 5.96. The van der Waals surface area contributed by atoms with E-state index in [9.17, 15) is 0 Å². The molecule has 0 saturated carbocycles. The van der Waals surface area contributed by atoms with Crippen LogP contribution in [0.15, 0.2) is 12.1 Å². The van der Waals surface area contributed by atoms with E-state index in [2.05, 4.69) is 11.1 Å². The smallest absolute Gasteiger partial charge is 0.162 e. The summed E-state index contributed by atoms with van der Waals surface area (Å²) in [5.41, 5.74) is 3.64. The molecule has 0 bridgehead atoms. The van der Waals surface area contributed by atoms with Gasteiger partial charge in [-0.15, -0.1) is 0 Å². The average Bonchev–Trinajstić information content (AvgIpc) is 2.46. The monoisotopic (exact) mass is 285 g/mol. The quantitative estimate of drug-likeness (QED) is 0.864. The summed E-state index contributed by atoms with van der Waals surface area (Å²) in [4.78, 5) is 6.62. The molecule has 2 rings (SSSR count). The third-order valence-electron chi connectivity index (χ3n) is 3.47. The number of rotatable bonds is 4. The van der Waals surface area contributed by atoms with Crippen molar-refractivity contribution in [1.29, 1.82) is 5.26 Å². The molecular formula is C16H19N3O2. The summed E-state index contributed by atoms with van der Waals surface area (Å²) in [6.07, 6.45) is 0.330. The standard InChI is InChI=1S/C16H19N3O2/c1-10-11(6-7-17)16(19(2)3)12-8-14(20-4)15(21-5)9-13(12)18-10/h8-9H,6H2,1-5H3. The summed E-state index contributed by atoms with van der Waals surface area (Å²) >= 11 is 0. The molecule has 2 aromatic rings. The summed E-state index contributed by atoms with van der Waals surface area (Å²) in [7, 11) is 7.14. The minimum Gasteiger partial charge on any atom is -0.493 e. The van der Waals surface area contributed by atoms with Crippen molar-refractivity contribution in [3.63, 3.8) is 0 Å². The molecule has 0 aliphatic heterocycles. The van der Waals surface area contributed by atoms with Crippen LogP contribution in [0, 0.1) is 18.3 Å². The second kappa shape index (κ2) is 5.88. The summed E-state index contributed by atoms with van der Waals surface area (Å²) in [6, 6.07) is 5.99.